The van der Waals surface area contributed by atoms with Crippen LogP contribution in [0.15, 0.2) is 42.5 Å². The smallest absolute Gasteiger partial charge is 0.337 e. The maximum Gasteiger partial charge on any atom is 0.337 e. The number of carboxylic acid groups (broad SMARTS) is 1. The van der Waals surface area contributed by atoms with E-state index in [2.05, 4.69) is 5.32 Å². The van der Waals surface area contributed by atoms with Gasteiger partial charge in [-0.15, -0.1) is 0 Å². The molecule has 3 nitrogen and oxygen atoms in total. The SMILES string of the molecule is Cc1c(Cl)ccc(C(=O)O)c1Nc1ccccc1. The molecule has 0 aliphatic carbocycles. The molecule has 0 aromatic heterocycles. The molecule has 18 heavy (non-hydrogen) atoms. The molecule has 4 heteroatoms. The standard InChI is InChI=1S/C14H12ClNO2/c1-9-12(15)8-7-11(14(17)18)13(9)16-10-5-3-2-4-6-10/h2-8,16H,1H3,(H,17,18). The van der Waals surface area contributed by atoms with Gasteiger partial charge in [0.2, 0.25) is 0 Å². The van der Waals surface area contributed by atoms with E-state index in [0.29, 0.717) is 10.7 Å². The average molecular weight is 262 g/mol. The van der Waals surface area contributed by atoms with Gasteiger partial charge >= 0.3 is 5.97 Å². The zero-order valence-corrected chi connectivity index (χ0v) is 10.5. The summed E-state index contributed by atoms with van der Waals surface area (Å²) in [7, 11) is 0. The predicted molar refractivity (Wildman–Crippen MR) is 72.9 cm³/mol. The predicted octanol–water partition coefficient (Wildman–Crippen LogP) is 4.09. The number of rotatable bonds is 3. The molecule has 0 spiro atoms. The summed E-state index contributed by atoms with van der Waals surface area (Å²) in [6.07, 6.45) is 0. The first-order valence-electron chi connectivity index (χ1n) is 5.44. The lowest BCUT2D eigenvalue weighted by Crippen LogP contribution is -2.04. The fourth-order valence-electron chi connectivity index (χ4n) is 1.69. The molecule has 0 aliphatic heterocycles. The number of benzene rings is 2. The van der Waals surface area contributed by atoms with Gasteiger partial charge in [0.05, 0.1) is 11.3 Å². The van der Waals surface area contributed by atoms with E-state index in [1.807, 2.05) is 30.3 Å². The third-order valence-corrected chi connectivity index (χ3v) is 3.08. The Morgan fingerprint density at radius 1 is 1.17 bits per heavy atom. The zero-order chi connectivity index (χ0) is 13.1. The molecular weight excluding hydrogens is 250 g/mol. The molecule has 2 rings (SSSR count). The Bertz CT molecular complexity index is 582. The van der Waals surface area contributed by atoms with E-state index < -0.39 is 5.97 Å². The lowest BCUT2D eigenvalue weighted by atomic mass is 10.1. The van der Waals surface area contributed by atoms with Gasteiger partial charge in [-0.2, -0.15) is 0 Å². The monoisotopic (exact) mass is 261 g/mol. The summed E-state index contributed by atoms with van der Waals surface area (Å²) in [6.45, 7) is 1.79. The van der Waals surface area contributed by atoms with Gasteiger partial charge in [0, 0.05) is 10.7 Å². The highest BCUT2D eigenvalue weighted by atomic mass is 35.5. The van der Waals surface area contributed by atoms with Crippen molar-refractivity contribution in [1.29, 1.82) is 0 Å². The molecule has 0 atom stereocenters. The van der Waals surface area contributed by atoms with Crippen molar-refractivity contribution in [2.45, 2.75) is 6.92 Å². The van der Waals surface area contributed by atoms with Crippen LogP contribution in [0.4, 0.5) is 11.4 Å². The van der Waals surface area contributed by atoms with Crippen LogP contribution in [0.1, 0.15) is 15.9 Å². The topological polar surface area (TPSA) is 49.3 Å². The van der Waals surface area contributed by atoms with E-state index in [9.17, 15) is 9.90 Å². The molecule has 0 fully saturated rings. The van der Waals surface area contributed by atoms with Crippen molar-refractivity contribution in [2.24, 2.45) is 0 Å². The second-order valence-electron chi connectivity index (χ2n) is 3.89. The third-order valence-electron chi connectivity index (χ3n) is 2.67. The number of halogens is 1. The maximum absolute atomic E-state index is 11.2. The zero-order valence-electron chi connectivity index (χ0n) is 9.77. The quantitative estimate of drug-likeness (QED) is 0.875. The van der Waals surface area contributed by atoms with Crippen LogP contribution in [-0.4, -0.2) is 11.1 Å². The Labute approximate surface area is 110 Å². The highest BCUT2D eigenvalue weighted by Gasteiger charge is 2.14. The lowest BCUT2D eigenvalue weighted by Gasteiger charge is -2.13. The Kier molecular flexibility index (Phi) is 3.53. The first-order valence-corrected chi connectivity index (χ1v) is 5.82. The Morgan fingerprint density at radius 3 is 2.44 bits per heavy atom. The molecule has 0 radical (unpaired) electrons. The van der Waals surface area contributed by atoms with E-state index in [0.717, 1.165) is 11.3 Å². The summed E-state index contributed by atoms with van der Waals surface area (Å²) in [5.41, 5.74) is 2.28. The van der Waals surface area contributed by atoms with Crippen LogP contribution >= 0.6 is 11.6 Å². The minimum atomic E-state index is -0.979. The number of aromatic carboxylic acids is 1. The summed E-state index contributed by atoms with van der Waals surface area (Å²) in [6, 6.07) is 12.5. The van der Waals surface area contributed by atoms with E-state index >= 15 is 0 Å². The summed E-state index contributed by atoms with van der Waals surface area (Å²) in [4.78, 5) is 11.2. The van der Waals surface area contributed by atoms with Gasteiger partial charge in [0.25, 0.3) is 0 Å². The van der Waals surface area contributed by atoms with Crippen LogP contribution in [0, 0.1) is 6.92 Å². The van der Waals surface area contributed by atoms with Gasteiger partial charge in [0.1, 0.15) is 0 Å². The molecule has 0 aliphatic rings. The summed E-state index contributed by atoms with van der Waals surface area (Å²) >= 11 is 6.02. The fraction of sp³-hybridized carbons (Fsp3) is 0.0714. The van der Waals surface area contributed by atoms with Crippen LogP contribution < -0.4 is 5.32 Å². The highest BCUT2D eigenvalue weighted by molar-refractivity contribution is 6.32. The van der Waals surface area contributed by atoms with Crippen molar-refractivity contribution < 1.29 is 9.90 Å². The molecule has 0 amide bonds. The first kappa shape index (κ1) is 12.5. The number of anilines is 2. The molecule has 92 valence electrons. The van der Waals surface area contributed by atoms with Gasteiger partial charge in [-0.05, 0) is 36.8 Å². The second kappa shape index (κ2) is 5.10. The van der Waals surface area contributed by atoms with Gasteiger partial charge < -0.3 is 10.4 Å². The molecular formula is C14H12ClNO2. The van der Waals surface area contributed by atoms with Crippen molar-refractivity contribution >= 4 is 28.9 Å². The largest absolute Gasteiger partial charge is 0.478 e. The first-order chi connectivity index (χ1) is 8.59. The van der Waals surface area contributed by atoms with Gasteiger partial charge in [0.15, 0.2) is 0 Å². The van der Waals surface area contributed by atoms with Crippen LogP contribution in [0.3, 0.4) is 0 Å². The molecule has 0 heterocycles. The number of para-hydroxylation sites is 1. The van der Waals surface area contributed by atoms with Gasteiger partial charge in [-0.25, -0.2) is 4.79 Å². The molecule has 0 bridgehead atoms. The maximum atomic E-state index is 11.2. The van der Waals surface area contributed by atoms with Gasteiger partial charge in [-0.3, -0.25) is 0 Å². The molecule has 2 aromatic carbocycles. The average Bonchev–Trinajstić information content (AvgIpc) is 2.36. The Hall–Kier alpha value is -2.00. The minimum Gasteiger partial charge on any atom is -0.478 e. The number of carbonyl (C=O) groups is 1. The molecule has 2 N–H and O–H groups in total. The Morgan fingerprint density at radius 2 is 1.83 bits per heavy atom. The molecule has 0 saturated carbocycles. The number of hydrogen-bond donors (Lipinski definition) is 2. The summed E-state index contributed by atoms with van der Waals surface area (Å²) < 4.78 is 0. The fourth-order valence-corrected chi connectivity index (χ4v) is 1.85. The van der Waals surface area contributed by atoms with Crippen LogP contribution in [0.5, 0.6) is 0 Å². The lowest BCUT2D eigenvalue weighted by molar-refractivity contribution is 0.0698. The van der Waals surface area contributed by atoms with Crippen molar-refractivity contribution in [3.05, 3.63) is 58.6 Å². The van der Waals surface area contributed by atoms with Crippen LogP contribution in [0.25, 0.3) is 0 Å². The van der Waals surface area contributed by atoms with Crippen molar-refractivity contribution in [3.8, 4) is 0 Å². The van der Waals surface area contributed by atoms with Crippen molar-refractivity contribution in [2.75, 3.05) is 5.32 Å². The van der Waals surface area contributed by atoms with E-state index in [-0.39, 0.29) is 5.56 Å². The van der Waals surface area contributed by atoms with E-state index in [1.165, 1.54) is 6.07 Å². The number of nitrogens with one attached hydrogen (secondary N) is 1. The van der Waals surface area contributed by atoms with Gasteiger partial charge in [-0.1, -0.05) is 29.8 Å². The normalized spacial score (nSPS) is 10.1. The van der Waals surface area contributed by atoms with E-state index in [4.69, 9.17) is 11.6 Å². The van der Waals surface area contributed by atoms with Crippen LogP contribution in [0.2, 0.25) is 5.02 Å². The van der Waals surface area contributed by atoms with Crippen LogP contribution in [-0.2, 0) is 0 Å². The second-order valence-corrected chi connectivity index (χ2v) is 4.30. The third kappa shape index (κ3) is 2.46. The number of carboxylic acids is 1. The number of hydrogen-bond acceptors (Lipinski definition) is 2. The Balaban J connectivity index is 2.48. The van der Waals surface area contributed by atoms with E-state index in [1.54, 1.807) is 13.0 Å². The molecule has 0 unspecified atom stereocenters. The summed E-state index contributed by atoms with van der Waals surface area (Å²) in [5, 5.41) is 12.8. The minimum absolute atomic E-state index is 0.209. The molecule has 0 saturated heterocycles. The highest BCUT2D eigenvalue weighted by Crippen LogP contribution is 2.30. The van der Waals surface area contributed by atoms with Crippen molar-refractivity contribution in [1.82, 2.24) is 0 Å². The van der Waals surface area contributed by atoms with Crippen molar-refractivity contribution in [3.63, 3.8) is 0 Å². The summed E-state index contributed by atoms with van der Waals surface area (Å²) in [5.74, 6) is -0.979. The molecule has 2 aromatic rings.